The van der Waals surface area contributed by atoms with Gasteiger partial charge in [0.05, 0.1) is 36.5 Å². The molecule has 5 atom stereocenters. The summed E-state index contributed by atoms with van der Waals surface area (Å²) in [6.45, 7) is -0.597. The van der Waals surface area contributed by atoms with E-state index in [2.05, 4.69) is 4.74 Å². The van der Waals surface area contributed by atoms with Crippen LogP contribution in [0, 0.1) is 0 Å². The number of methoxy groups -OCH3 is 1. The molecule has 1 unspecified atom stereocenters. The van der Waals surface area contributed by atoms with E-state index in [0.717, 1.165) is 0 Å². The van der Waals surface area contributed by atoms with E-state index < -0.39 is 61.0 Å². The number of rotatable bonds is 11. The summed E-state index contributed by atoms with van der Waals surface area (Å²) in [4.78, 5) is 51.3. The quantitative estimate of drug-likeness (QED) is 0.199. The summed E-state index contributed by atoms with van der Waals surface area (Å²) in [5.41, 5.74) is 0.677. The molecule has 1 aliphatic rings. The van der Waals surface area contributed by atoms with Gasteiger partial charge in [-0.15, -0.1) is 0 Å². The van der Waals surface area contributed by atoms with Crippen LogP contribution in [0.4, 0.5) is 0 Å². The molecule has 3 aromatic carbocycles. The van der Waals surface area contributed by atoms with Crippen LogP contribution in [0.1, 0.15) is 43.9 Å². The number of benzene rings is 3. The lowest BCUT2D eigenvalue weighted by molar-refractivity contribution is -0.229. The number of ether oxygens (including phenoxy) is 5. The third-order valence-electron chi connectivity index (χ3n) is 6.74. The zero-order valence-corrected chi connectivity index (χ0v) is 23.4. The molecule has 0 radical (unpaired) electrons. The Hall–Kier alpha value is -4.80. The summed E-state index contributed by atoms with van der Waals surface area (Å²) < 4.78 is 28.4. The van der Waals surface area contributed by atoms with Crippen LogP contribution in [0.2, 0.25) is 0 Å². The standard InChI is InChI=1S/C33H32O10/c1-39-27(35)20-12-11-19-25-28(41-31(36)22-13-5-2-6-14-22)30(43-33(38)24-17-9-4-10-18-24)29(26(21-34)40-25)42-32(37)23-15-7-3-8-16-23/h2-10,12-18,20,25-26,28-30,34H,11,19,21H2,1H3/b20-12+/t25?,26-,28-,29+,30+/m0/s1. The maximum atomic E-state index is 13.3. The van der Waals surface area contributed by atoms with E-state index in [0.29, 0.717) is 0 Å². The number of carbonyl (C=O) groups is 4. The van der Waals surface area contributed by atoms with Crippen molar-refractivity contribution in [1.29, 1.82) is 0 Å². The van der Waals surface area contributed by atoms with Gasteiger partial charge < -0.3 is 28.8 Å². The Labute approximate surface area is 248 Å². The van der Waals surface area contributed by atoms with Gasteiger partial charge in [-0.05, 0) is 49.2 Å². The molecule has 0 aromatic heterocycles. The Morgan fingerprint density at radius 3 is 1.51 bits per heavy atom. The van der Waals surface area contributed by atoms with Crippen LogP contribution in [0.25, 0.3) is 0 Å². The lowest BCUT2D eigenvalue weighted by Gasteiger charge is -2.44. The summed E-state index contributed by atoms with van der Waals surface area (Å²) in [5, 5.41) is 10.3. The minimum atomic E-state index is -1.37. The van der Waals surface area contributed by atoms with Crippen LogP contribution < -0.4 is 0 Å². The Balaban J connectivity index is 1.70. The van der Waals surface area contributed by atoms with Crippen molar-refractivity contribution in [3.05, 3.63) is 120 Å². The normalized spacial score (nSPS) is 21.5. The van der Waals surface area contributed by atoms with E-state index in [9.17, 15) is 24.3 Å². The first-order valence-corrected chi connectivity index (χ1v) is 13.7. The molecule has 0 spiro atoms. The third kappa shape index (κ3) is 8.37. The van der Waals surface area contributed by atoms with Crippen molar-refractivity contribution in [3.8, 4) is 0 Å². The molecular formula is C33H32O10. The zero-order chi connectivity index (χ0) is 30.6. The van der Waals surface area contributed by atoms with Gasteiger partial charge in [-0.25, -0.2) is 19.2 Å². The third-order valence-corrected chi connectivity index (χ3v) is 6.74. The average molecular weight is 589 g/mol. The number of allylic oxidation sites excluding steroid dienone is 1. The number of hydrogen-bond acceptors (Lipinski definition) is 10. The predicted molar refractivity (Wildman–Crippen MR) is 153 cm³/mol. The van der Waals surface area contributed by atoms with E-state index in [1.807, 2.05) is 0 Å². The Morgan fingerprint density at radius 1 is 0.674 bits per heavy atom. The van der Waals surface area contributed by atoms with Gasteiger partial charge in [0.1, 0.15) is 6.10 Å². The van der Waals surface area contributed by atoms with Gasteiger partial charge in [-0.3, -0.25) is 0 Å². The number of aliphatic hydroxyl groups is 1. The van der Waals surface area contributed by atoms with Gasteiger partial charge in [0.25, 0.3) is 0 Å². The van der Waals surface area contributed by atoms with Crippen molar-refractivity contribution in [3.63, 3.8) is 0 Å². The van der Waals surface area contributed by atoms with Crippen LogP contribution in [0.5, 0.6) is 0 Å². The second kappa shape index (κ2) is 15.4. The summed E-state index contributed by atoms with van der Waals surface area (Å²) in [6.07, 6.45) is -2.76. The predicted octanol–water partition coefficient (Wildman–Crippen LogP) is 3.93. The number of esters is 4. The van der Waals surface area contributed by atoms with Crippen LogP contribution in [0.15, 0.2) is 103 Å². The van der Waals surface area contributed by atoms with Gasteiger partial charge >= 0.3 is 23.9 Å². The maximum Gasteiger partial charge on any atom is 0.338 e. The molecule has 1 saturated heterocycles. The first-order valence-electron chi connectivity index (χ1n) is 13.7. The second-order valence-electron chi connectivity index (χ2n) is 9.61. The molecule has 1 N–H and O–H groups in total. The van der Waals surface area contributed by atoms with Gasteiger partial charge in [-0.1, -0.05) is 60.7 Å². The Bertz CT molecular complexity index is 1390. The maximum absolute atomic E-state index is 13.3. The highest BCUT2D eigenvalue weighted by Crippen LogP contribution is 2.32. The SMILES string of the molecule is COC(=O)/C=C/CCC1O[C@@H](CO)[C@@H](OC(=O)c2ccccc2)[C@H](OC(=O)c2ccccc2)[C@H]1OC(=O)c1ccccc1. The molecule has 4 rings (SSSR count). The second-order valence-corrected chi connectivity index (χ2v) is 9.61. The molecule has 43 heavy (non-hydrogen) atoms. The van der Waals surface area contributed by atoms with Crippen LogP contribution in [-0.4, -0.2) is 73.2 Å². The molecular weight excluding hydrogens is 556 g/mol. The summed E-state index contributed by atoms with van der Waals surface area (Å²) in [6, 6.07) is 24.5. The van der Waals surface area contributed by atoms with E-state index in [1.165, 1.54) is 13.2 Å². The fourth-order valence-electron chi connectivity index (χ4n) is 4.59. The fourth-order valence-corrected chi connectivity index (χ4v) is 4.59. The van der Waals surface area contributed by atoms with Crippen molar-refractivity contribution in [2.24, 2.45) is 0 Å². The molecule has 10 heteroatoms. The average Bonchev–Trinajstić information content (AvgIpc) is 3.05. The molecule has 0 amide bonds. The molecule has 1 fully saturated rings. The minimum absolute atomic E-state index is 0.190. The van der Waals surface area contributed by atoms with Crippen molar-refractivity contribution < 1.29 is 48.0 Å². The smallest absolute Gasteiger partial charge is 0.338 e. The lowest BCUT2D eigenvalue weighted by Crippen LogP contribution is -2.62. The van der Waals surface area contributed by atoms with Gasteiger partial charge in [0, 0.05) is 6.08 Å². The molecule has 3 aromatic rings. The van der Waals surface area contributed by atoms with Crippen molar-refractivity contribution in [2.75, 3.05) is 13.7 Å². The topological polar surface area (TPSA) is 135 Å². The van der Waals surface area contributed by atoms with Gasteiger partial charge in [0.15, 0.2) is 18.3 Å². The summed E-state index contributed by atoms with van der Waals surface area (Å²) >= 11 is 0. The zero-order valence-electron chi connectivity index (χ0n) is 23.4. The number of aliphatic hydroxyl groups excluding tert-OH is 1. The molecule has 1 heterocycles. The largest absolute Gasteiger partial charge is 0.466 e. The van der Waals surface area contributed by atoms with E-state index in [1.54, 1.807) is 97.1 Å². The Kier molecular flexibility index (Phi) is 11.2. The highest BCUT2D eigenvalue weighted by molar-refractivity contribution is 5.91. The van der Waals surface area contributed by atoms with Crippen LogP contribution >= 0.6 is 0 Å². The van der Waals surface area contributed by atoms with Crippen molar-refractivity contribution in [1.82, 2.24) is 0 Å². The Morgan fingerprint density at radius 2 is 1.09 bits per heavy atom. The number of hydrogen-bond donors (Lipinski definition) is 1. The van der Waals surface area contributed by atoms with Gasteiger partial charge in [-0.2, -0.15) is 0 Å². The van der Waals surface area contributed by atoms with Crippen molar-refractivity contribution in [2.45, 2.75) is 43.4 Å². The molecule has 224 valence electrons. The minimum Gasteiger partial charge on any atom is -0.466 e. The van der Waals surface area contributed by atoms with Gasteiger partial charge in [0.2, 0.25) is 0 Å². The highest BCUT2D eigenvalue weighted by atomic mass is 16.7. The monoisotopic (exact) mass is 588 g/mol. The van der Waals surface area contributed by atoms with E-state index in [4.69, 9.17) is 18.9 Å². The molecule has 0 aliphatic carbocycles. The number of carbonyl (C=O) groups excluding carboxylic acids is 4. The molecule has 0 bridgehead atoms. The first-order chi connectivity index (χ1) is 20.9. The molecule has 0 saturated carbocycles. The first kappa shape index (κ1) is 31.1. The lowest BCUT2D eigenvalue weighted by atomic mass is 9.91. The summed E-state index contributed by atoms with van der Waals surface area (Å²) in [5.74, 6) is -2.77. The molecule has 10 nitrogen and oxygen atoms in total. The van der Waals surface area contributed by atoms with E-state index in [-0.39, 0.29) is 29.5 Å². The van der Waals surface area contributed by atoms with Crippen LogP contribution in [0.3, 0.4) is 0 Å². The molecule has 1 aliphatic heterocycles. The fraction of sp³-hybridized carbons (Fsp3) is 0.273. The van der Waals surface area contributed by atoms with E-state index >= 15 is 0 Å². The van der Waals surface area contributed by atoms with Crippen molar-refractivity contribution >= 4 is 23.9 Å². The summed E-state index contributed by atoms with van der Waals surface area (Å²) in [7, 11) is 1.25. The van der Waals surface area contributed by atoms with Crippen LogP contribution in [-0.2, 0) is 28.5 Å². The highest BCUT2D eigenvalue weighted by Gasteiger charge is 2.52.